The van der Waals surface area contributed by atoms with Crippen molar-refractivity contribution in [1.82, 2.24) is 0 Å². The highest BCUT2D eigenvalue weighted by Gasteiger charge is 2.23. The van der Waals surface area contributed by atoms with Gasteiger partial charge in [0, 0.05) is 0 Å². The van der Waals surface area contributed by atoms with E-state index in [1.165, 1.54) is 0 Å². The molecular formula is C11H11ClN2O4. The smallest absolute Gasteiger partial charge is 0.411 e. The summed E-state index contributed by atoms with van der Waals surface area (Å²) < 4.78 is 4.56. The minimum absolute atomic E-state index is 0.0656. The molecule has 0 aliphatic carbocycles. The van der Waals surface area contributed by atoms with E-state index >= 15 is 0 Å². The minimum Gasteiger partial charge on any atom is -0.458 e. The summed E-state index contributed by atoms with van der Waals surface area (Å²) in [6, 6.07) is 6.67. The van der Waals surface area contributed by atoms with Gasteiger partial charge in [-0.3, -0.25) is 10.1 Å². The van der Waals surface area contributed by atoms with Crippen molar-refractivity contribution in [1.29, 1.82) is 0 Å². The molecule has 0 atom stereocenters. The second-order valence-corrected chi connectivity index (χ2v) is 3.54. The van der Waals surface area contributed by atoms with Gasteiger partial charge in [-0.15, -0.1) is 0 Å². The molecule has 0 heterocycles. The summed E-state index contributed by atoms with van der Waals surface area (Å²) >= 11 is 5.85. The van der Waals surface area contributed by atoms with Crippen LogP contribution in [0.25, 0.3) is 0 Å². The molecule has 1 aromatic rings. The molecule has 6 nitrogen and oxygen atoms in total. The van der Waals surface area contributed by atoms with Crippen molar-refractivity contribution in [2.24, 2.45) is 0 Å². The molecule has 0 aliphatic rings. The first-order valence-corrected chi connectivity index (χ1v) is 5.46. The molecule has 96 valence electrons. The molecule has 0 bridgehead atoms. The fourth-order valence-corrected chi connectivity index (χ4v) is 1.31. The number of carbonyl (C=O) groups excluding carboxylic acids is 1. The minimum atomic E-state index is -0.998. The van der Waals surface area contributed by atoms with Gasteiger partial charge in [0.1, 0.15) is 0 Å². The van der Waals surface area contributed by atoms with Crippen LogP contribution in [0.3, 0.4) is 0 Å². The van der Waals surface area contributed by atoms with Gasteiger partial charge in [-0.1, -0.05) is 23.7 Å². The van der Waals surface area contributed by atoms with Crippen LogP contribution in [0, 0.1) is 10.1 Å². The Labute approximate surface area is 108 Å². The van der Waals surface area contributed by atoms with Crippen molar-refractivity contribution in [3.8, 4) is 0 Å². The number of nitrogens with one attached hydrogen (secondary N) is 1. The summed E-state index contributed by atoms with van der Waals surface area (Å²) in [5.41, 5.74) is -0.223. The molecule has 1 aromatic carbocycles. The van der Waals surface area contributed by atoms with Crippen molar-refractivity contribution in [2.75, 3.05) is 11.9 Å². The molecule has 0 unspecified atom stereocenters. The molecule has 1 rings (SSSR count). The topological polar surface area (TPSA) is 81.5 Å². The molecule has 0 fully saturated rings. The van der Waals surface area contributed by atoms with E-state index < -0.39 is 16.6 Å². The van der Waals surface area contributed by atoms with Gasteiger partial charge in [0.05, 0.1) is 28.4 Å². The summed E-state index contributed by atoms with van der Waals surface area (Å²) in [7, 11) is 0. The van der Waals surface area contributed by atoms with Gasteiger partial charge in [-0.25, -0.2) is 4.79 Å². The van der Waals surface area contributed by atoms with Crippen LogP contribution in [0.4, 0.5) is 5.69 Å². The van der Waals surface area contributed by atoms with E-state index in [1.54, 1.807) is 31.2 Å². The molecule has 18 heavy (non-hydrogen) atoms. The van der Waals surface area contributed by atoms with Gasteiger partial charge in [-0.05, 0) is 19.1 Å². The lowest BCUT2D eigenvalue weighted by molar-refractivity contribution is -0.421. The fraction of sp³-hybridized carbons (Fsp3) is 0.182. The van der Waals surface area contributed by atoms with Gasteiger partial charge in [-0.2, -0.15) is 0 Å². The molecule has 0 aliphatic heterocycles. The Morgan fingerprint density at radius 3 is 2.78 bits per heavy atom. The maximum Gasteiger partial charge on any atom is 0.411 e. The SMILES string of the molecule is CCOC(=O)/C(=C\Nc1ccccc1Cl)[N+](=O)[O-]. The lowest BCUT2D eigenvalue weighted by Gasteiger charge is -2.03. The van der Waals surface area contributed by atoms with E-state index in [9.17, 15) is 14.9 Å². The average Bonchev–Trinajstić information content (AvgIpc) is 2.31. The van der Waals surface area contributed by atoms with E-state index in [1.807, 2.05) is 0 Å². The van der Waals surface area contributed by atoms with Crippen molar-refractivity contribution in [3.05, 3.63) is 51.3 Å². The number of benzene rings is 1. The van der Waals surface area contributed by atoms with Gasteiger partial charge >= 0.3 is 11.7 Å². The van der Waals surface area contributed by atoms with Crippen molar-refractivity contribution < 1.29 is 14.5 Å². The third-order valence-corrected chi connectivity index (χ3v) is 2.25. The number of ether oxygens (including phenoxy) is 1. The number of carbonyl (C=O) groups is 1. The highest BCUT2D eigenvalue weighted by molar-refractivity contribution is 6.33. The molecule has 0 spiro atoms. The zero-order chi connectivity index (χ0) is 13.5. The fourth-order valence-electron chi connectivity index (χ4n) is 1.12. The highest BCUT2D eigenvalue weighted by Crippen LogP contribution is 2.20. The Hall–Kier alpha value is -2.08. The summed E-state index contributed by atoms with van der Waals surface area (Å²) in [6.07, 6.45) is 0.958. The zero-order valence-corrected chi connectivity index (χ0v) is 10.3. The van der Waals surface area contributed by atoms with E-state index in [4.69, 9.17) is 11.6 Å². The summed E-state index contributed by atoms with van der Waals surface area (Å²) in [4.78, 5) is 21.2. The van der Waals surface area contributed by atoms with Crippen LogP contribution in [0.2, 0.25) is 5.02 Å². The maximum atomic E-state index is 11.3. The first kappa shape index (κ1) is 14.0. The van der Waals surface area contributed by atoms with E-state index in [-0.39, 0.29) is 6.61 Å². The molecule has 0 aromatic heterocycles. The summed E-state index contributed by atoms with van der Waals surface area (Å²) in [5.74, 6) is -0.998. The Balaban J connectivity index is 2.88. The maximum absolute atomic E-state index is 11.3. The number of rotatable bonds is 5. The normalized spacial score (nSPS) is 10.9. The van der Waals surface area contributed by atoms with Crippen molar-refractivity contribution in [2.45, 2.75) is 6.92 Å². The average molecular weight is 271 g/mol. The van der Waals surface area contributed by atoms with E-state index in [0.29, 0.717) is 10.7 Å². The van der Waals surface area contributed by atoms with Crippen LogP contribution in [0.1, 0.15) is 6.92 Å². The molecule has 0 radical (unpaired) electrons. The van der Waals surface area contributed by atoms with Gasteiger partial charge in [0.2, 0.25) is 0 Å². The largest absolute Gasteiger partial charge is 0.458 e. The number of anilines is 1. The molecule has 1 N–H and O–H groups in total. The Morgan fingerprint density at radius 1 is 1.56 bits per heavy atom. The molecule has 7 heteroatoms. The quantitative estimate of drug-likeness (QED) is 0.385. The first-order valence-electron chi connectivity index (χ1n) is 5.09. The number of nitrogens with zero attached hydrogens (tertiary/aromatic N) is 1. The Bertz CT molecular complexity index is 488. The standard InChI is InChI=1S/C11H11ClN2O4/c1-2-18-11(15)10(14(16)17)7-13-9-6-4-3-5-8(9)12/h3-7,13H,2H2,1H3/b10-7+. The number of hydrogen-bond donors (Lipinski definition) is 1. The van der Waals surface area contributed by atoms with E-state index in [2.05, 4.69) is 10.1 Å². The third-order valence-electron chi connectivity index (χ3n) is 1.92. The monoisotopic (exact) mass is 270 g/mol. The number of esters is 1. The van der Waals surface area contributed by atoms with Crippen molar-refractivity contribution >= 4 is 23.3 Å². The second kappa shape index (κ2) is 6.61. The number of hydrogen-bond acceptors (Lipinski definition) is 5. The lowest BCUT2D eigenvalue weighted by atomic mass is 10.3. The molecule has 0 saturated carbocycles. The Kier molecular flexibility index (Phi) is 5.13. The predicted octanol–water partition coefficient (Wildman–Crippen LogP) is 2.43. The van der Waals surface area contributed by atoms with Crippen LogP contribution in [-0.2, 0) is 9.53 Å². The van der Waals surface area contributed by atoms with Gasteiger partial charge < -0.3 is 10.1 Å². The molecule has 0 saturated heterocycles. The second-order valence-electron chi connectivity index (χ2n) is 3.13. The van der Waals surface area contributed by atoms with Crippen LogP contribution in [-0.4, -0.2) is 17.5 Å². The lowest BCUT2D eigenvalue weighted by Crippen LogP contribution is -2.16. The highest BCUT2D eigenvalue weighted by atomic mass is 35.5. The first-order chi connectivity index (χ1) is 8.56. The zero-order valence-electron chi connectivity index (χ0n) is 9.55. The predicted molar refractivity (Wildman–Crippen MR) is 66.8 cm³/mol. The van der Waals surface area contributed by atoms with Crippen LogP contribution in [0.15, 0.2) is 36.2 Å². The number of para-hydroxylation sites is 1. The summed E-state index contributed by atoms with van der Waals surface area (Å²) in [5, 5.41) is 13.7. The Morgan fingerprint density at radius 2 is 2.22 bits per heavy atom. The van der Waals surface area contributed by atoms with Gasteiger partial charge in [0.25, 0.3) is 0 Å². The van der Waals surface area contributed by atoms with E-state index in [0.717, 1.165) is 6.20 Å². The van der Waals surface area contributed by atoms with Crippen LogP contribution >= 0.6 is 11.6 Å². The summed E-state index contributed by atoms with van der Waals surface area (Å²) in [6.45, 7) is 1.63. The molecule has 0 amide bonds. The van der Waals surface area contributed by atoms with Crippen LogP contribution < -0.4 is 5.32 Å². The van der Waals surface area contributed by atoms with Gasteiger partial charge in [0.15, 0.2) is 0 Å². The number of nitro groups is 1. The van der Waals surface area contributed by atoms with Crippen LogP contribution in [0.5, 0.6) is 0 Å². The van der Waals surface area contributed by atoms with Crippen molar-refractivity contribution in [3.63, 3.8) is 0 Å². The number of halogens is 1. The third kappa shape index (κ3) is 3.74. The molecular weight excluding hydrogens is 260 g/mol.